The molecule has 0 radical (unpaired) electrons. The summed E-state index contributed by atoms with van der Waals surface area (Å²) in [7, 11) is 1.68. The topological polar surface area (TPSA) is 82.1 Å². The summed E-state index contributed by atoms with van der Waals surface area (Å²) in [6.07, 6.45) is 5.25. The number of methoxy groups -OCH3 is 1. The molecule has 3 aromatic rings. The summed E-state index contributed by atoms with van der Waals surface area (Å²) in [4.78, 5) is 24.6. The molecule has 0 spiro atoms. The van der Waals surface area contributed by atoms with Crippen LogP contribution in [-0.4, -0.2) is 30.6 Å². The highest BCUT2D eigenvalue weighted by Crippen LogP contribution is 2.42. The summed E-state index contributed by atoms with van der Waals surface area (Å²) in [5.74, 6) is 1.63. The van der Waals surface area contributed by atoms with E-state index < -0.39 is 11.9 Å². The summed E-state index contributed by atoms with van der Waals surface area (Å²) >= 11 is 6.41. The lowest BCUT2D eigenvalue weighted by atomic mass is 9.76. The molecule has 0 amide bonds. The van der Waals surface area contributed by atoms with Crippen molar-refractivity contribution in [2.75, 3.05) is 13.7 Å². The highest BCUT2D eigenvalue weighted by molar-refractivity contribution is 6.32. The Hall–Kier alpha value is -3.51. The number of carboxylic acid groups (broad SMARTS) is 1. The Labute approximate surface area is 227 Å². The molecule has 38 heavy (non-hydrogen) atoms. The molecule has 1 aliphatic carbocycles. The van der Waals surface area contributed by atoms with Crippen molar-refractivity contribution in [3.8, 4) is 23.0 Å². The molecule has 2 aliphatic rings. The highest BCUT2D eigenvalue weighted by Gasteiger charge is 2.29. The number of ketones is 1. The number of carbonyl (C=O) groups excluding carboxylic acids is 1. The summed E-state index contributed by atoms with van der Waals surface area (Å²) in [5.41, 5.74) is 2.50. The number of carbonyl (C=O) groups is 2. The first-order valence-corrected chi connectivity index (χ1v) is 13.4. The van der Waals surface area contributed by atoms with Crippen molar-refractivity contribution >= 4 is 23.4 Å². The fraction of sp³-hybridized carbons (Fsp3) is 0.355. The van der Waals surface area contributed by atoms with E-state index in [-0.39, 0.29) is 5.78 Å². The predicted octanol–water partition coefficient (Wildman–Crippen LogP) is 7.64. The third-order valence-corrected chi connectivity index (χ3v) is 7.92. The third kappa shape index (κ3) is 5.81. The van der Waals surface area contributed by atoms with Crippen LogP contribution in [0.15, 0.2) is 60.7 Å². The maximum atomic E-state index is 13.1. The van der Waals surface area contributed by atoms with Crippen molar-refractivity contribution in [1.82, 2.24) is 0 Å². The Balaban J connectivity index is 1.22. The smallest absolute Gasteiger partial charge is 0.311 e. The first-order valence-electron chi connectivity index (χ1n) is 13.1. The average Bonchev–Trinajstić information content (AvgIpc) is 2.93. The molecule has 0 aromatic heterocycles. The number of benzene rings is 3. The van der Waals surface area contributed by atoms with Crippen LogP contribution in [0.3, 0.4) is 0 Å². The van der Waals surface area contributed by atoms with Crippen molar-refractivity contribution in [1.29, 1.82) is 0 Å². The van der Waals surface area contributed by atoms with Gasteiger partial charge in [0.25, 0.3) is 0 Å². The van der Waals surface area contributed by atoms with Gasteiger partial charge in [-0.1, -0.05) is 30.2 Å². The molecule has 198 valence electrons. The van der Waals surface area contributed by atoms with E-state index in [2.05, 4.69) is 12.1 Å². The molecule has 1 fully saturated rings. The minimum atomic E-state index is -0.899. The highest BCUT2D eigenvalue weighted by atomic mass is 35.5. The molecule has 3 unspecified atom stereocenters. The number of hydrogen-bond acceptors (Lipinski definition) is 5. The van der Waals surface area contributed by atoms with Gasteiger partial charge in [0.2, 0.25) is 0 Å². The van der Waals surface area contributed by atoms with Gasteiger partial charge in [-0.25, -0.2) is 0 Å². The van der Waals surface area contributed by atoms with Crippen LogP contribution in [0.1, 0.15) is 71.8 Å². The number of carboxylic acids is 1. The van der Waals surface area contributed by atoms with Crippen LogP contribution in [-0.2, 0) is 4.79 Å². The van der Waals surface area contributed by atoms with Crippen LogP contribution in [0.4, 0.5) is 0 Å². The fourth-order valence-electron chi connectivity index (χ4n) is 5.61. The fourth-order valence-corrected chi connectivity index (χ4v) is 5.83. The van der Waals surface area contributed by atoms with E-state index in [0.29, 0.717) is 64.7 Å². The first kappa shape index (κ1) is 26.1. The molecule has 3 atom stereocenters. The van der Waals surface area contributed by atoms with E-state index in [0.717, 1.165) is 31.4 Å². The van der Waals surface area contributed by atoms with Gasteiger partial charge in [-0.3, -0.25) is 9.59 Å². The number of fused-ring (bicyclic) bond motifs is 1. The zero-order valence-corrected chi connectivity index (χ0v) is 22.1. The Bertz CT molecular complexity index is 1320. The number of hydrogen-bond donors (Lipinski definition) is 1. The van der Waals surface area contributed by atoms with Gasteiger partial charge in [-0.05, 0) is 85.5 Å². The van der Waals surface area contributed by atoms with E-state index in [1.807, 2.05) is 12.1 Å². The van der Waals surface area contributed by atoms with Crippen molar-refractivity contribution < 1.29 is 28.9 Å². The van der Waals surface area contributed by atoms with E-state index in [1.165, 1.54) is 5.56 Å². The summed E-state index contributed by atoms with van der Waals surface area (Å²) in [6, 6.07) is 18.6. The van der Waals surface area contributed by atoms with Crippen LogP contribution >= 0.6 is 11.6 Å². The Morgan fingerprint density at radius 3 is 2.61 bits per heavy atom. The normalized spacial score (nSPS) is 20.6. The molecule has 1 N–H and O–H groups in total. The van der Waals surface area contributed by atoms with Gasteiger partial charge in [0, 0.05) is 23.6 Å². The molecule has 5 rings (SSSR count). The predicted molar refractivity (Wildman–Crippen MR) is 145 cm³/mol. The average molecular weight is 535 g/mol. The SMILES string of the molecule is COc1cccc(C2CCCC(CC(=O)c3ccc(Oc4cc5c(cc4Cl)C(C(=O)O)CCO5)cc3)C2)c1. The van der Waals surface area contributed by atoms with Crippen molar-refractivity contribution in [2.24, 2.45) is 5.92 Å². The minimum absolute atomic E-state index is 0.132. The van der Waals surface area contributed by atoms with Crippen molar-refractivity contribution in [2.45, 2.75) is 50.4 Å². The van der Waals surface area contributed by atoms with Gasteiger partial charge < -0.3 is 19.3 Å². The number of ether oxygens (including phenoxy) is 3. The Kier molecular flexibility index (Phi) is 7.89. The molecule has 1 heterocycles. The molecule has 3 aromatic carbocycles. The zero-order valence-electron chi connectivity index (χ0n) is 21.3. The maximum Gasteiger partial charge on any atom is 0.311 e. The second kappa shape index (κ2) is 11.5. The second-order valence-electron chi connectivity index (χ2n) is 10.1. The van der Waals surface area contributed by atoms with Crippen LogP contribution in [0, 0.1) is 5.92 Å². The summed E-state index contributed by atoms with van der Waals surface area (Å²) < 4.78 is 17.0. The van der Waals surface area contributed by atoms with Gasteiger partial charge in [-0.2, -0.15) is 0 Å². The molecule has 1 saturated carbocycles. The van der Waals surface area contributed by atoms with E-state index in [9.17, 15) is 14.7 Å². The largest absolute Gasteiger partial charge is 0.497 e. The van der Waals surface area contributed by atoms with E-state index in [4.69, 9.17) is 25.8 Å². The van der Waals surface area contributed by atoms with Gasteiger partial charge >= 0.3 is 5.97 Å². The monoisotopic (exact) mass is 534 g/mol. The molecule has 7 heteroatoms. The van der Waals surface area contributed by atoms with Crippen LogP contribution in [0.25, 0.3) is 0 Å². The summed E-state index contributed by atoms with van der Waals surface area (Å²) in [5, 5.41) is 9.79. The Morgan fingerprint density at radius 2 is 1.84 bits per heavy atom. The lowest BCUT2D eigenvalue weighted by molar-refractivity contribution is -0.139. The molecule has 0 saturated heterocycles. The Morgan fingerprint density at radius 1 is 1.03 bits per heavy atom. The molecular weight excluding hydrogens is 504 g/mol. The molecular formula is C31H31ClO6. The standard InChI is InChI=1S/C31H31ClO6/c1-36-24-7-3-6-22(16-24)21-5-2-4-19(14-21)15-28(33)20-8-10-23(11-9-20)38-30-18-29-26(17-27(30)32)25(31(34)35)12-13-37-29/h3,6-11,16-19,21,25H,2,4-5,12-15H2,1H3,(H,34,35). The lowest BCUT2D eigenvalue weighted by Gasteiger charge is -2.29. The van der Waals surface area contributed by atoms with Crippen molar-refractivity contribution in [3.63, 3.8) is 0 Å². The molecule has 0 bridgehead atoms. The minimum Gasteiger partial charge on any atom is -0.497 e. The zero-order chi connectivity index (χ0) is 26.6. The van der Waals surface area contributed by atoms with Gasteiger partial charge in [-0.15, -0.1) is 0 Å². The van der Waals surface area contributed by atoms with Gasteiger partial charge in [0.1, 0.15) is 23.0 Å². The quantitative estimate of drug-likeness (QED) is 0.299. The van der Waals surface area contributed by atoms with E-state index >= 15 is 0 Å². The number of rotatable bonds is 8. The van der Waals surface area contributed by atoms with Gasteiger partial charge in [0.05, 0.1) is 24.7 Å². The van der Waals surface area contributed by atoms with Crippen LogP contribution in [0.5, 0.6) is 23.0 Å². The number of Topliss-reactive ketones (excluding diaryl/α,β-unsaturated/α-hetero) is 1. The van der Waals surface area contributed by atoms with Crippen molar-refractivity contribution in [3.05, 3.63) is 82.4 Å². The maximum absolute atomic E-state index is 13.1. The number of halogens is 1. The molecule has 6 nitrogen and oxygen atoms in total. The lowest BCUT2D eigenvalue weighted by Crippen LogP contribution is -2.20. The van der Waals surface area contributed by atoms with Crippen LogP contribution in [0.2, 0.25) is 5.02 Å². The third-order valence-electron chi connectivity index (χ3n) is 7.63. The molecule has 1 aliphatic heterocycles. The van der Waals surface area contributed by atoms with Crippen LogP contribution < -0.4 is 14.2 Å². The summed E-state index contributed by atoms with van der Waals surface area (Å²) in [6.45, 7) is 0.323. The van der Waals surface area contributed by atoms with E-state index in [1.54, 1.807) is 43.5 Å². The number of aliphatic carboxylic acids is 1. The second-order valence-corrected chi connectivity index (χ2v) is 10.5. The van der Waals surface area contributed by atoms with Gasteiger partial charge in [0.15, 0.2) is 5.78 Å². The first-order chi connectivity index (χ1) is 18.4.